The predicted molar refractivity (Wildman–Crippen MR) is 86.0 cm³/mol. The Balaban J connectivity index is 1.84. The summed E-state index contributed by atoms with van der Waals surface area (Å²) in [4.78, 5) is 27.4. The summed E-state index contributed by atoms with van der Waals surface area (Å²) < 4.78 is 4.51. The van der Waals surface area contributed by atoms with E-state index in [1.54, 1.807) is 0 Å². The minimum absolute atomic E-state index is 0.0989. The molecule has 1 aromatic carbocycles. The summed E-state index contributed by atoms with van der Waals surface area (Å²) in [6.07, 6.45) is 0.231. The van der Waals surface area contributed by atoms with E-state index in [4.69, 9.17) is 0 Å². The van der Waals surface area contributed by atoms with E-state index < -0.39 is 0 Å². The third kappa shape index (κ3) is 4.73. The zero-order chi connectivity index (χ0) is 15.9. The van der Waals surface area contributed by atoms with Crippen LogP contribution in [0.15, 0.2) is 24.3 Å². The van der Waals surface area contributed by atoms with Crippen molar-refractivity contribution in [3.8, 4) is 0 Å². The highest BCUT2D eigenvalue weighted by atomic mass is 16.5. The van der Waals surface area contributed by atoms with Gasteiger partial charge in [0.05, 0.1) is 13.5 Å². The maximum atomic E-state index is 11.7. The number of nitrogens with zero attached hydrogens (tertiary/aromatic N) is 2. The van der Waals surface area contributed by atoms with E-state index in [0.29, 0.717) is 0 Å². The number of rotatable bonds is 5. The van der Waals surface area contributed by atoms with E-state index in [1.807, 2.05) is 24.3 Å². The Labute approximate surface area is 131 Å². The highest BCUT2D eigenvalue weighted by Gasteiger charge is 2.14. The standard InChI is InChI=1S/C16H23N3O3/c1-18-9-11-19(12-10-18)14-5-3-13(4-6-14)17-15(20)7-8-16(21)22-2/h3-6H,7-12H2,1-2H3,(H,17,20). The Hall–Kier alpha value is -2.08. The molecule has 0 aliphatic carbocycles. The lowest BCUT2D eigenvalue weighted by Gasteiger charge is -2.34. The third-order valence-corrected chi connectivity index (χ3v) is 3.80. The van der Waals surface area contributed by atoms with Gasteiger partial charge in [0.2, 0.25) is 5.91 Å². The van der Waals surface area contributed by atoms with Gasteiger partial charge in [-0.2, -0.15) is 0 Å². The Morgan fingerprint density at radius 2 is 1.73 bits per heavy atom. The summed E-state index contributed by atoms with van der Waals surface area (Å²) in [5.74, 6) is -0.557. The minimum Gasteiger partial charge on any atom is -0.469 e. The van der Waals surface area contributed by atoms with Crippen molar-refractivity contribution in [2.45, 2.75) is 12.8 Å². The number of likely N-dealkylation sites (N-methyl/N-ethyl adjacent to an activating group) is 1. The zero-order valence-corrected chi connectivity index (χ0v) is 13.2. The average molecular weight is 305 g/mol. The van der Waals surface area contributed by atoms with Gasteiger partial charge in [-0.05, 0) is 31.3 Å². The number of hydrogen-bond acceptors (Lipinski definition) is 5. The number of carbonyl (C=O) groups excluding carboxylic acids is 2. The fourth-order valence-corrected chi connectivity index (χ4v) is 2.36. The van der Waals surface area contributed by atoms with Crippen LogP contribution in [0.5, 0.6) is 0 Å². The Kier molecular flexibility index (Phi) is 5.77. The molecule has 0 aromatic heterocycles. The lowest BCUT2D eigenvalue weighted by Crippen LogP contribution is -2.44. The molecule has 1 N–H and O–H groups in total. The average Bonchev–Trinajstić information content (AvgIpc) is 2.54. The largest absolute Gasteiger partial charge is 0.469 e. The second kappa shape index (κ2) is 7.79. The highest BCUT2D eigenvalue weighted by molar-refractivity contribution is 5.92. The number of anilines is 2. The molecular formula is C16H23N3O3. The Bertz CT molecular complexity index is 508. The first-order valence-corrected chi connectivity index (χ1v) is 7.48. The van der Waals surface area contributed by atoms with Gasteiger partial charge in [0, 0.05) is 44.0 Å². The fourth-order valence-electron chi connectivity index (χ4n) is 2.36. The van der Waals surface area contributed by atoms with Crippen molar-refractivity contribution in [1.29, 1.82) is 0 Å². The van der Waals surface area contributed by atoms with Gasteiger partial charge in [0.15, 0.2) is 0 Å². The number of esters is 1. The molecule has 0 atom stereocenters. The lowest BCUT2D eigenvalue weighted by atomic mass is 10.2. The van der Waals surface area contributed by atoms with Crippen LogP contribution < -0.4 is 10.2 Å². The number of amides is 1. The van der Waals surface area contributed by atoms with E-state index in [0.717, 1.165) is 31.9 Å². The summed E-state index contributed by atoms with van der Waals surface area (Å²) in [5, 5.41) is 2.79. The van der Waals surface area contributed by atoms with Crippen molar-refractivity contribution in [2.24, 2.45) is 0 Å². The van der Waals surface area contributed by atoms with Crippen LogP contribution in [-0.4, -0.2) is 57.1 Å². The molecule has 6 heteroatoms. The molecule has 0 spiro atoms. The molecular weight excluding hydrogens is 282 g/mol. The zero-order valence-electron chi connectivity index (χ0n) is 13.2. The molecule has 1 aliphatic rings. The molecule has 0 radical (unpaired) electrons. The maximum absolute atomic E-state index is 11.7. The molecule has 0 bridgehead atoms. The van der Waals surface area contributed by atoms with Gasteiger partial charge in [-0.3, -0.25) is 9.59 Å². The predicted octanol–water partition coefficient (Wildman–Crippen LogP) is 1.33. The number of hydrogen-bond donors (Lipinski definition) is 1. The molecule has 1 heterocycles. The molecule has 1 saturated heterocycles. The lowest BCUT2D eigenvalue weighted by molar-refractivity contribution is -0.141. The molecule has 1 aliphatic heterocycles. The summed E-state index contributed by atoms with van der Waals surface area (Å²) in [5.41, 5.74) is 1.91. The summed E-state index contributed by atoms with van der Waals surface area (Å²) in [7, 11) is 3.45. The van der Waals surface area contributed by atoms with E-state index >= 15 is 0 Å². The second-order valence-electron chi connectivity index (χ2n) is 5.46. The summed E-state index contributed by atoms with van der Waals surface area (Å²) in [6.45, 7) is 4.15. The molecule has 22 heavy (non-hydrogen) atoms. The monoisotopic (exact) mass is 305 g/mol. The number of ether oxygens (including phenoxy) is 1. The number of carbonyl (C=O) groups is 2. The first kappa shape index (κ1) is 16.3. The van der Waals surface area contributed by atoms with Crippen LogP contribution in [0.2, 0.25) is 0 Å². The van der Waals surface area contributed by atoms with Crippen LogP contribution in [0.1, 0.15) is 12.8 Å². The first-order chi connectivity index (χ1) is 10.6. The minimum atomic E-state index is -0.374. The van der Waals surface area contributed by atoms with Gasteiger partial charge in [-0.25, -0.2) is 0 Å². The van der Waals surface area contributed by atoms with Crippen LogP contribution in [-0.2, 0) is 14.3 Å². The van der Waals surface area contributed by atoms with Crippen LogP contribution in [0, 0.1) is 0 Å². The van der Waals surface area contributed by atoms with Gasteiger partial charge in [-0.15, -0.1) is 0 Å². The fraction of sp³-hybridized carbons (Fsp3) is 0.500. The molecule has 1 amide bonds. The highest BCUT2D eigenvalue weighted by Crippen LogP contribution is 2.19. The van der Waals surface area contributed by atoms with Gasteiger partial charge in [0.25, 0.3) is 0 Å². The molecule has 6 nitrogen and oxygen atoms in total. The quantitative estimate of drug-likeness (QED) is 0.832. The normalized spacial score (nSPS) is 15.5. The van der Waals surface area contributed by atoms with E-state index in [1.165, 1.54) is 12.8 Å². The Morgan fingerprint density at radius 3 is 2.32 bits per heavy atom. The summed E-state index contributed by atoms with van der Waals surface area (Å²) in [6, 6.07) is 7.82. The SMILES string of the molecule is COC(=O)CCC(=O)Nc1ccc(N2CCN(C)CC2)cc1. The molecule has 0 saturated carbocycles. The van der Waals surface area contributed by atoms with Crippen molar-refractivity contribution >= 4 is 23.3 Å². The van der Waals surface area contributed by atoms with Gasteiger partial charge < -0.3 is 19.9 Å². The van der Waals surface area contributed by atoms with Crippen molar-refractivity contribution in [2.75, 3.05) is 50.6 Å². The summed E-state index contributed by atoms with van der Waals surface area (Å²) >= 11 is 0. The van der Waals surface area contributed by atoms with Crippen LogP contribution >= 0.6 is 0 Å². The van der Waals surface area contributed by atoms with E-state index in [2.05, 4.69) is 26.9 Å². The van der Waals surface area contributed by atoms with Crippen molar-refractivity contribution in [3.63, 3.8) is 0 Å². The van der Waals surface area contributed by atoms with Crippen LogP contribution in [0.4, 0.5) is 11.4 Å². The van der Waals surface area contributed by atoms with Crippen molar-refractivity contribution < 1.29 is 14.3 Å². The van der Waals surface area contributed by atoms with Crippen LogP contribution in [0.3, 0.4) is 0 Å². The molecule has 0 unspecified atom stereocenters. The van der Waals surface area contributed by atoms with Gasteiger partial charge >= 0.3 is 5.97 Å². The van der Waals surface area contributed by atoms with E-state index in [-0.39, 0.29) is 24.7 Å². The van der Waals surface area contributed by atoms with Gasteiger partial charge in [0.1, 0.15) is 0 Å². The van der Waals surface area contributed by atoms with Crippen LogP contribution in [0.25, 0.3) is 0 Å². The molecule has 120 valence electrons. The third-order valence-electron chi connectivity index (χ3n) is 3.80. The van der Waals surface area contributed by atoms with Crippen molar-refractivity contribution in [3.05, 3.63) is 24.3 Å². The number of nitrogens with one attached hydrogen (secondary N) is 1. The molecule has 1 fully saturated rings. The smallest absolute Gasteiger partial charge is 0.306 e. The van der Waals surface area contributed by atoms with Gasteiger partial charge in [-0.1, -0.05) is 0 Å². The number of benzene rings is 1. The molecule has 2 rings (SSSR count). The molecule has 1 aromatic rings. The first-order valence-electron chi connectivity index (χ1n) is 7.48. The van der Waals surface area contributed by atoms with Crippen molar-refractivity contribution in [1.82, 2.24) is 4.90 Å². The number of methoxy groups -OCH3 is 1. The maximum Gasteiger partial charge on any atom is 0.306 e. The Morgan fingerprint density at radius 1 is 1.09 bits per heavy atom. The van der Waals surface area contributed by atoms with E-state index in [9.17, 15) is 9.59 Å². The second-order valence-corrected chi connectivity index (χ2v) is 5.46. The topological polar surface area (TPSA) is 61.9 Å². The number of piperazine rings is 1.